The normalized spacial score (nSPS) is 21.2. The van der Waals surface area contributed by atoms with Crippen LogP contribution in [0, 0.1) is 5.92 Å². The summed E-state index contributed by atoms with van der Waals surface area (Å²) in [6.45, 7) is 15.5. The van der Waals surface area contributed by atoms with Gasteiger partial charge in [0.05, 0.1) is 6.54 Å². The second-order valence-corrected chi connectivity index (χ2v) is 7.93. The van der Waals surface area contributed by atoms with Gasteiger partial charge in [0.25, 0.3) is 0 Å². The largest absolute Gasteiger partial charge is 0.303 e. The van der Waals surface area contributed by atoms with Crippen LogP contribution in [0.3, 0.4) is 0 Å². The second kappa shape index (κ2) is 10.5. The van der Waals surface area contributed by atoms with Crippen LogP contribution in [0.25, 0.3) is 0 Å². The van der Waals surface area contributed by atoms with Crippen LogP contribution in [0.15, 0.2) is 47.1 Å². The van der Waals surface area contributed by atoms with E-state index in [2.05, 4.69) is 80.9 Å². The zero-order valence-corrected chi connectivity index (χ0v) is 17.4. The molecule has 3 heteroatoms. The quantitative estimate of drug-likeness (QED) is 0.507. The van der Waals surface area contributed by atoms with E-state index in [1.165, 1.54) is 29.8 Å². The van der Waals surface area contributed by atoms with Crippen LogP contribution in [0.1, 0.15) is 53.0 Å². The Morgan fingerprint density at radius 1 is 1.27 bits per heavy atom. The summed E-state index contributed by atoms with van der Waals surface area (Å²) < 4.78 is 0. The van der Waals surface area contributed by atoms with Crippen LogP contribution in [0.2, 0.25) is 0 Å². The fourth-order valence-corrected chi connectivity index (χ4v) is 3.32. The van der Waals surface area contributed by atoms with E-state index in [4.69, 9.17) is 5.10 Å². The molecule has 3 nitrogen and oxygen atoms in total. The number of benzene rings is 1. The fraction of sp³-hybridized carbons (Fsp3) is 0.609. The molecule has 1 heterocycles. The molecule has 1 unspecified atom stereocenters. The molecular weight excluding hydrogens is 318 g/mol. The molecule has 0 amide bonds. The number of hydrogen-bond donors (Lipinski definition) is 0. The molecular formula is C23H37N3. The zero-order chi connectivity index (χ0) is 18.9. The molecule has 2 rings (SSSR count). The molecule has 1 atom stereocenters. The van der Waals surface area contributed by atoms with Crippen molar-refractivity contribution in [1.82, 2.24) is 9.91 Å². The molecule has 0 saturated carbocycles. The summed E-state index contributed by atoms with van der Waals surface area (Å²) in [5.41, 5.74) is 4.20. The van der Waals surface area contributed by atoms with Crippen LogP contribution in [-0.2, 0) is 6.42 Å². The van der Waals surface area contributed by atoms with Gasteiger partial charge in [0.2, 0.25) is 0 Å². The molecule has 1 fully saturated rings. The summed E-state index contributed by atoms with van der Waals surface area (Å²) in [5, 5.41) is 7.36. The van der Waals surface area contributed by atoms with Gasteiger partial charge in [-0.2, -0.15) is 5.10 Å². The van der Waals surface area contributed by atoms with E-state index in [0.717, 1.165) is 32.5 Å². The maximum Gasteiger partial charge on any atom is 0.0570 e. The molecule has 0 aromatic heterocycles. The number of hydrazone groups is 1. The fourth-order valence-electron chi connectivity index (χ4n) is 3.32. The van der Waals surface area contributed by atoms with E-state index >= 15 is 0 Å². The molecule has 1 aliphatic rings. The Kier molecular flexibility index (Phi) is 8.37. The first-order valence-corrected chi connectivity index (χ1v) is 10.2. The third kappa shape index (κ3) is 6.60. The summed E-state index contributed by atoms with van der Waals surface area (Å²) in [6.07, 6.45) is 5.63. The van der Waals surface area contributed by atoms with Crippen molar-refractivity contribution in [3.8, 4) is 0 Å². The van der Waals surface area contributed by atoms with Gasteiger partial charge >= 0.3 is 0 Å². The van der Waals surface area contributed by atoms with Crippen molar-refractivity contribution in [3.63, 3.8) is 0 Å². The smallest absolute Gasteiger partial charge is 0.0570 e. The van der Waals surface area contributed by atoms with E-state index in [0.29, 0.717) is 12.0 Å². The van der Waals surface area contributed by atoms with Gasteiger partial charge in [-0.15, -0.1) is 0 Å². The molecule has 26 heavy (non-hydrogen) atoms. The molecule has 1 aromatic rings. The molecule has 0 aliphatic carbocycles. The zero-order valence-electron chi connectivity index (χ0n) is 17.4. The van der Waals surface area contributed by atoms with Gasteiger partial charge in [-0.1, -0.05) is 48.9 Å². The maximum atomic E-state index is 5.10. The van der Waals surface area contributed by atoms with Crippen molar-refractivity contribution in [2.75, 3.05) is 26.2 Å². The minimum atomic E-state index is 0.432. The van der Waals surface area contributed by atoms with Gasteiger partial charge < -0.3 is 4.90 Å². The lowest BCUT2D eigenvalue weighted by Crippen LogP contribution is -2.30. The lowest BCUT2D eigenvalue weighted by atomic mass is 10.0. The predicted octanol–water partition coefficient (Wildman–Crippen LogP) is 4.99. The first-order valence-electron chi connectivity index (χ1n) is 10.2. The van der Waals surface area contributed by atoms with E-state index in [9.17, 15) is 0 Å². The van der Waals surface area contributed by atoms with Crippen molar-refractivity contribution < 1.29 is 0 Å². The molecule has 1 aromatic carbocycles. The Labute approximate surface area is 160 Å². The molecule has 0 radical (unpaired) electrons. The Balaban J connectivity index is 1.96. The molecule has 1 saturated heterocycles. The SMILES string of the molecule is C/C=C(\C)CN(/N=C1/CCN(CCc2ccccc2)CCC1C)C(C)C. The van der Waals surface area contributed by atoms with Crippen molar-refractivity contribution in [2.24, 2.45) is 11.0 Å². The van der Waals surface area contributed by atoms with Gasteiger partial charge in [0, 0.05) is 31.3 Å². The van der Waals surface area contributed by atoms with Crippen molar-refractivity contribution in [1.29, 1.82) is 0 Å². The highest BCUT2D eigenvalue weighted by Crippen LogP contribution is 2.18. The lowest BCUT2D eigenvalue weighted by Gasteiger charge is -2.26. The van der Waals surface area contributed by atoms with E-state index in [1.807, 2.05) is 0 Å². The van der Waals surface area contributed by atoms with Gasteiger partial charge in [0.15, 0.2) is 0 Å². The minimum absolute atomic E-state index is 0.432. The number of rotatable bonds is 7. The summed E-state index contributed by atoms with van der Waals surface area (Å²) in [5.74, 6) is 0.573. The minimum Gasteiger partial charge on any atom is -0.303 e. The third-order valence-corrected chi connectivity index (χ3v) is 5.45. The molecule has 0 spiro atoms. The van der Waals surface area contributed by atoms with Crippen molar-refractivity contribution >= 4 is 5.71 Å². The third-order valence-electron chi connectivity index (χ3n) is 5.45. The molecule has 1 aliphatic heterocycles. The van der Waals surface area contributed by atoms with E-state index in [-0.39, 0.29) is 0 Å². The number of hydrogen-bond acceptors (Lipinski definition) is 3. The number of likely N-dealkylation sites (tertiary alicyclic amines) is 1. The van der Waals surface area contributed by atoms with Gasteiger partial charge in [0.1, 0.15) is 0 Å². The maximum absolute atomic E-state index is 5.10. The van der Waals surface area contributed by atoms with Crippen LogP contribution >= 0.6 is 0 Å². The summed E-state index contributed by atoms with van der Waals surface area (Å²) >= 11 is 0. The van der Waals surface area contributed by atoms with E-state index in [1.54, 1.807) is 0 Å². The second-order valence-electron chi connectivity index (χ2n) is 7.93. The van der Waals surface area contributed by atoms with Crippen molar-refractivity contribution in [2.45, 2.75) is 59.9 Å². The highest BCUT2D eigenvalue weighted by Gasteiger charge is 2.20. The van der Waals surface area contributed by atoms with Gasteiger partial charge in [-0.25, -0.2) is 0 Å². The Morgan fingerprint density at radius 3 is 2.65 bits per heavy atom. The Morgan fingerprint density at radius 2 is 2.00 bits per heavy atom. The van der Waals surface area contributed by atoms with Crippen LogP contribution < -0.4 is 0 Å². The summed E-state index contributed by atoms with van der Waals surface area (Å²) in [6, 6.07) is 11.3. The Bertz CT molecular complexity index is 589. The number of nitrogens with zero attached hydrogens (tertiary/aromatic N) is 3. The number of allylic oxidation sites excluding steroid dienone is 1. The summed E-state index contributed by atoms with van der Waals surface area (Å²) in [7, 11) is 0. The first-order chi connectivity index (χ1) is 12.5. The predicted molar refractivity (Wildman–Crippen MR) is 114 cm³/mol. The molecule has 0 N–H and O–H groups in total. The van der Waals surface area contributed by atoms with Gasteiger partial charge in [-0.3, -0.25) is 5.01 Å². The molecule has 144 valence electrons. The summed E-state index contributed by atoms with van der Waals surface area (Å²) in [4.78, 5) is 2.61. The van der Waals surface area contributed by atoms with Gasteiger partial charge in [-0.05, 0) is 58.6 Å². The lowest BCUT2D eigenvalue weighted by molar-refractivity contribution is 0.250. The monoisotopic (exact) mass is 355 g/mol. The van der Waals surface area contributed by atoms with Crippen molar-refractivity contribution in [3.05, 3.63) is 47.5 Å². The first kappa shape index (κ1) is 20.7. The van der Waals surface area contributed by atoms with Crippen LogP contribution in [-0.4, -0.2) is 47.8 Å². The topological polar surface area (TPSA) is 18.8 Å². The standard InChI is InChI=1S/C23H37N3/c1-6-20(4)18-26(19(2)3)24-23-14-17-25(15-12-21(23)5)16-13-22-10-8-7-9-11-22/h6-11,19,21H,12-18H2,1-5H3/b20-6+,24-23-. The Hall–Kier alpha value is -1.61. The van der Waals surface area contributed by atoms with Crippen LogP contribution in [0.5, 0.6) is 0 Å². The highest BCUT2D eigenvalue weighted by atomic mass is 15.5. The van der Waals surface area contributed by atoms with E-state index < -0.39 is 0 Å². The van der Waals surface area contributed by atoms with Crippen LogP contribution in [0.4, 0.5) is 0 Å². The average Bonchev–Trinajstić information content (AvgIpc) is 2.82. The highest BCUT2D eigenvalue weighted by molar-refractivity contribution is 5.86. The average molecular weight is 356 g/mol. The molecule has 0 bridgehead atoms.